The molecule has 5 nitrogen and oxygen atoms in total. The van der Waals surface area contributed by atoms with E-state index in [0.717, 1.165) is 6.92 Å². The van der Waals surface area contributed by atoms with Crippen LogP contribution in [-0.2, 0) is 6.18 Å². The topological polar surface area (TPSA) is 69.4 Å². The van der Waals surface area contributed by atoms with Crippen molar-refractivity contribution in [2.45, 2.75) is 20.0 Å². The molecule has 8 heteroatoms. The highest BCUT2D eigenvalue weighted by molar-refractivity contribution is 5.96. The molecule has 0 fully saturated rings. The van der Waals surface area contributed by atoms with Gasteiger partial charge in [0.1, 0.15) is 0 Å². The summed E-state index contributed by atoms with van der Waals surface area (Å²) < 4.78 is 43.2. The number of rotatable bonds is 4. The number of nitrogens with zero attached hydrogens (tertiary/aromatic N) is 1. The van der Waals surface area contributed by atoms with E-state index >= 15 is 0 Å². The van der Waals surface area contributed by atoms with Crippen LogP contribution < -0.4 is 4.74 Å². The Morgan fingerprint density at radius 2 is 2.00 bits per heavy atom. The first-order valence-corrected chi connectivity index (χ1v) is 5.21. The molecule has 0 amide bonds. The lowest BCUT2D eigenvalue weighted by atomic mass is 10.0. The van der Waals surface area contributed by atoms with Crippen molar-refractivity contribution in [3.63, 3.8) is 0 Å². The van der Waals surface area contributed by atoms with Crippen LogP contribution in [0, 0.1) is 10.1 Å². The predicted molar refractivity (Wildman–Crippen MR) is 59.3 cm³/mol. The SMILES string of the molecule is CCOc1cc(C(F)(F)F)c(C(C)=O)cc1[N+](=O)[O-]. The third-order valence-electron chi connectivity index (χ3n) is 2.28. The molecular formula is C11H10F3NO4. The smallest absolute Gasteiger partial charge is 0.417 e. The number of alkyl halides is 3. The largest absolute Gasteiger partial charge is 0.487 e. The fraction of sp³-hybridized carbons (Fsp3) is 0.364. The Bertz CT molecular complexity index is 525. The summed E-state index contributed by atoms with van der Waals surface area (Å²) >= 11 is 0. The molecule has 0 aliphatic rings. The number of halogens is 3. The van der Waals surface area contributed by atoms with Crippen molar-refractivity contribution in [3.8, 4) is 5.75 Å². The van der Waals surface area contributed by atoms with Gasteiger partial charge in [0.2, 0.25) is 0 Å². The zero-order chi connectivity index (χ0) is 14.8. The van der Waals surface area contributed by atoms with Gasteiger partial charge < -0.3 is 4.74 Å². The lowest BCUT2D eigenvalue weighted by Crippen LogP contribution is -2.13. The van der Waals surface area contributed by atoms with Gasteiger partial charge in [-0.3, -0.25) is 14.9 Å². The zero-order valence-corrected chi connectivity index (χ0v) is 10.1. The molecule has 0 heterocycles. The maximum Gasteiger partial charge on any atom is 0.417 e. The maximum absolute atomic E-state index is 12.8. The molecule has 1 aromatic rings. The van der Waals surface area contributed by atoms with Crippen LogP contribution in [0.4, 0.5) is 18.9 Å². The summed E-state index contributed by atoms with van der Waals surface area (Å²) in [5.41, 5.74) is -2.66. The van der Waals surface area contributed by atoms with Crippen LogP contribution in [-0.4, -0.2) is 17.3 Å². The van der Waals surface area contributed by atoms with E-state index in [1.165, 1.54) is 6.92 Å². The second kappa shape index (κ2) is 5.25. The fourth-order valence-corrected chi connectivity index (χ4v) is 1.51. The number of Topliss-reactive ketones (excluding diaryl/α,β-unsaturated/α-hetero) is 1. The van der Waals surface area contributed by atoms with E-state index in [4.69, 9.17) is 4.74 Å². The summed E-state index contributed by atoms with van der Waals surface area (Å²) in [7, 11) is 0. The predicted octanol–water partition coefficient (Wildman–Crippen LogP) is 3.21. The Kier molecular flexibility index (Phi) is 4.13. The number of carbonyl (C=O) groups excluding carboxylic acids is 1. The number of ether oxygens (including phenoxy) is 1. The first-order chi connectivity index (χ1) is 8.68. The van der Waals surface area contributed by atoms with Crippen LogP contribution in [0.5, 0.6) is 5.75 Å². The van der Waals surface area contributed by atoms with Crippen LogP contribution in [0.1, 0.15) is 29.8 Å². The summed E-state index contributed by atoms with van der Waals surface area (Å²) in [4.78, 5) is 21.1. The lowest BCUT2D eigenvalue weighted by Gasteiger charge is -2.13. The van der Waals surface area contributed by atoms with Gasteiger partial charge in [0.25, 0.3) is 0 Å². The highest BCUT2D eigenvalue weighted by atomic mass is 19.4. The van der Waals surface area contributed by atoms with Gasteiger partial charge in [0.05, 0.1) is 17.1 Å². The molecular weight excluding hydrogens is 267 g/mol. The minimum absolute atomic E-state index is 0.0302. The first-order valence-electron chi connectivity index (χ1n) is 5.21. The summed E-state index contributed by atoms with van der Waals surface area (Å²) in [6.45, 7) is 2.36. The Balaban J connectivity index is 3.59. The number of benzene rings is 1. The number of hydrogen-bond acceptors (Lipinski definition) is 4. The van der Waals surface area contributed by atoms with Crippen LogP contribution in [0.3, 0.4) is 0 Å². The Labute approximate surface area is 106 Å². The normalized spacial score (nSPS) is 11.2. The average molecular weight is 277 g/mol. The molecule has 0 aliphatic heterocycles. The van der Waals surface area contributed by atoms with E-state index in [1.54, 1.807) is 0 Å². The molecule has 1 rings (SSSR count). The highest BCUT2D eigenvalue weighted by Crippen LogP contribution is 2.39. The highest BCUT2D eigenvalue weighted by Gasteiger charge is 2.37. The summed E-state index contributed by atoms with van der Waals surface area (Å²) in [6.07, 6.45) is -4.79. The third kappa shape index (κ3) is 3.21. The first kappa shape index (κ1) is 14.9. The van der Waals surface area contributed by atoms with Crippen LogP contribution >= 0.6 is 0 Å². The molecule has 0 spiro atoms. The number of ketones is 1. The van der Waals surface area contributed by atoms with E-state index in [2.05, 4.69) is 0 Å². The minimum atomic E-state index is -4.79. The van der Waals surface area contributed by atoms with Gasteiger partial charge >= 0.3 is 11.9 Å². The molecule has 0 radical (unpaired) electrons. The van der Waals surface area contributed by atoms with Crippen molar-refractivity contribution < 1.29 is 27.6 Å². The minimum Gasteiger partial charge on any atom is -0.487 e. The number of nitro benzene ring substituents is 1. The van der Waals surface area contributed by atoms with Gasteiger partial charge in [-0.1, -0.05) is 0 Å². The van der Waals surface area contributed by atoms with Crippen molar-refractivity contribution in [2.75, 3.05) is 6.61 Å². The lowest BCUT2D eigenvalue weighted by molar-refractivity contribution is -0.385. The van der Waals surface area contributed by atoms with E-state index in [-0.39, 0.29) is 6.61 Å². The Morgan fingerprint density at radius 1 is 1.42 bits per heavy atom. The molecule has 0 atom stereocenters. The van der Waals surface area contributed by atoms with Gasteiger partial charge in [-0.05, 0) is 13.8 Å². The van der Waals surface area contributed by atoms with E-state index in [9.17, 15) is 28.1 Å². The molecule has 0 aliphatic carbocycles. The summed E-state index contributed by atoms with van der Waals surface area (Å²) in [6, 6.07) is 1.08. The Morgan fingerprint density at radius 3 is 2.37 bits per heavy atom. The molecule has 0 saturated carbocycles. The molecule has 0 aromatic heterocycles. The summed E-state index contributed by atoms with van der Waals surface area (Å²) in [5, 5.41) is 10.8. The monoisotopic (exact) mass is 277 g/mol. The molecule has 1 aromatic carbocycles. The van der Waals surface area contributed by atoms with E-state index in [0.29, 0.717) is 12.1 Å². The second-order valence-electron chi connectivity index (χ2n) is 3.61. The number of nitro groups is 1. The maximum atomic E-state index is 12.8. The van der Waals surface area contributed by atoms with E-state index < -0.39 is 39.4 Å². The van der Waals surface area contributed by atoms with Gasteiger partial charge in [0, 0.05) is 17.7 Å². The zero-order valence-electron chi connectivity index (χ0n) is 10.1. The van der Waals surface area contributed by atoms with Crippen LogP contribution in [0.25, 0.3) is 0 Å². The molecule has 0 N–H and O–H groups in total. The quantitative estimate of drug-likeness (QED) is 0.481. The Hall–Kier alpha value is -2.12. The fourth-order valence-electron chi connectivity index (χ4n) is 1.51. The van der Waals surface area contributed by atoms with Gasteiger partial charge in [0.15, 0.2) is 11.5 Å². The molecule has 19 heavy (non-hydrogen) atoms. The number of hydrogen-bond donors (Lipinski definition) is 0. The molecule has 104 valence electrons. The van der Waals surface area contributed by atoms with Crippen molar-refractivity contribution in [1.29, 1.82) is 0 Å². The van der Waals surface area contributed by atoms with Crippen LogP contribution in [0.15, 0.2) is 12.1 Å². The van der Waals surface area contributed by atoms with Crippen LogP contribution in [0.2, 0.25) is 0 Å². The number of carbonyl (C=O) groups is 1. The van der Waals surface area contributed by atoms with Gasteiger partial charge in [-0.25, -0.2) is 0 Å². The molecule has 0 bridgehead atoms. The average Bonchev–Trinajstić information content (AvgIpc) is 2.27. The molecule has 0 unspecified atom stereocenters. The molecule has 0 saturated heterocycles. The summed E-state index contributed by atoms with van der Waals surface area (Å²) in [5.74, 6) is -1.41. The third-order valence-corrected chi connectivity index (χ3v) is 2.28. The van der Waals surface area contributed by atoms with Gasteiger partial charge in [-0.15, -0.1) is 0 Å². The van der Waals surface area contributed by atoms with E-state index in [1.807, 2.05) is 0 Å². The van der Waals surface area contributed by atoms with Crippen molar-refractivity contribution in [1.82, 2.24) is 0 Å². The van der Waals surface area contributed by atoms with Crippen molar-refractivity contribution >= 4 is 11.5 Å². The second-order valence-corrected chi connectivity index (χ2v) is 3.61. The standard InChI is InChI=1S/C11H10F3NO4/c1-3-19-10-5-8(11(12,13)14)7(6(2)16)4-9(10)15(17)18/h4-5H,3H2,1-2H3. The van der Waals surface area contributed by atoms with Gasteiger partial charge in [-0.2, -0.15) is 13.2 Å². The van der Waals surface area contributed by atoms with Crippen molar-refractivity contribution in [3.05, 3.63) is 33.4 Å². The van der Waals surface area contributed by atoms with Crippen molar-refractivity contribution in [2.24, 2.45) is 0 Å².